The molecule has 0 bridgehead atoms. The van der Waals surface area contributed by atoms with Crippen molar-refractivity contribution in [3.63, 3.8) is 0 Å². The highest BCUT2D eigenvalue weighted by Gasteiger charge is 2.43. The summed E-state index contributed by atoms with van der Waals surface area (Å²) in [5.41, 5.74) is 1.83. The molecule has 2 aliphatic rings. The summed E-state index contributed by atoms with van der Waals surface area (Å²) in [5, 5.41) is 12.6. The van der Waals surface area contributed by atoms with Crippen molar-refractivity contribution in [3.8, 4) is 5.75 Å². The Balaban J connectivity index is 1.48. The van der Waals surface area contributed by atoms with Crippen LogP contribution in [0.25, 0.3) is 11.0 Å². The van der Waals surface area contributed by atoms with Gasteiger partial charge in [0.15, 0.2) is 0 Å². The molecule has 1 aliphatic carbocycles. The van der Waals surface area contributed by atoms with Gasteiger partial charge in [0.1, 0.15) is 12.4 Å². The fourth-order valence-corrected chi connectivity index (χ4v) is 4.20. The predicted molar refractivity (Wildman–Crippen MR) is 123 cm³/mol. The van der Waals surface area contributed by atoms with E-state index in [0.29, 0.717) is 30.9 Å². The number of hydrogen-bond donors (Lipinski definition) is 2. The van der Waals surface area contributed by atoms with Crippen molar-refractivity contribution >= 4 is 34.5 Å². The van der Waals surface area contributed by atoms with Crippen LogP contribution in [0.5, 0.6) is 5.75 Å². The largest absolute Gasteiger partial charge is 0.435 e. The van der Waals surface area contributed by atoms with Crippen LogP contribution in [0.1, 0.15) is 23.2 Å². The van der Waals surface area contributed by atoms with Crippen LogP contribution in [0.15, 0.2) is 42.5 Å². The van der Waals surface area contributed by atoms with Gasteiger partial charge in [-0.05, 0) is 49.2 Å². The van der Waals surface area contributed by atoms with Crippen molar-refractivity contribution in [3.05, 3.63) is 48.0 Å². The Hall–Kier alpha value is -3.57. The number of fused-ring (bicyclic) bond motifs is 1. The van der Waals surface area contributed by atoms with Crippen molar-refractivity contribution < 1.29 is 33.0 Å². The summed E-state index contributed by atoms with van der Waals surface area (Å²) in [6, 6.07) is 10.9. The zero-order chi connectivity index (χ0) is 24.6. The number of nitrogens with one attached hydrogen (secondary N) is 1. The third-order valence-electron chi connectivity index (χ3n) is 6.36. The third-order valence-corrected chi connectivity index (χ3v) is 6.36. The second-order valence-corrected chi connectivity index (χ2v) is 8.81. The molecule has 2 fully saturated rings. The smallest absolute Gasteiger partial charge is 0.387 e. The molecule has 184 valence electrons. The summed E-state index contributed by atoms with van der Waals surface area (Å²) in [4.78, 5) is 31.5. The molecule has 1 aromatic heterocycles. The average Bonchev–Trinajstić information content (AvgIpc) is 3.55. The summed E-state index contributed by atoms with van der Waals surface area (Å²) < 4.78 is 36.6. The lowest BCUT2D eigenvalue weighted by Gasteiger charge is -2.26. The van der Waals surface area contributed by atoms with Gasteiger partial charge >= 0.3 is 6.61 Å². The van der Waals surface area contributed by atoms with Crippen LogP contribution in [0.2, 0.25) is 0 Å². The van der Waals surface area contributed by atoms with E-state index in [2.05, 4.69) is 15.0 Å². The Morgan fingerprint density at radius 2 is 2.09 bits per heavy atom. The molecule has 0 unspecified atom stereocenters. The summed E-state index contributed by atoms with van der Waals surface area (Å²) in [6.07, 6.45) is 1.70. The number of carbonyl (C=O) groups is 2. The van der Waals surface area contributed by atoms with E-state index in [0.717, 1.165) is 18.4 Å². The van der Waals surface area contributed by atoms with Crippen LogP contribution in [-0.4, -0.2) is 59.4 Å². The lowest BCUT2D eigenvalue weighted by molar-refractivity contribution is -0.125. The van der Waals surface area contributed by atoms with Gasteiger partial charge in [-0.3, -0.25) is 14.9 Å². The average molecular weight is 486 g/mol. The summed E-state index contributed by atoms with van der Waals surface area (Å²) in [5.74, 6) is -0.557. The molecule has 0 atom stereocenters. The zero-order valence-corrected chi connectivity index (χ0v) is 18.7. The number of benzene rings is 2. The number of aromatic nitrogens is 2. The highest BCUT2D eigenvalue weighted by atomic mass is 19.3. The maximum atomic E-state index is 13.0. The van der Waals surface area contributed by atoms with E-state index in [-0.39, 0.29) is 41.8 Å². The van der Waals surface area contributed by atoms with Gasteiger partial charge in [0, 0.05) is 29.8 Å². The molecule has 2 aromatic carbocycles. The lowest BCUT2D eigenvalue weighted by Crippen LogP contribution is -2.41. The minimum Gasteiger partial charge on any atom is -0.435 e. The number of imidazole rings is 1. The number of amides is 2. The van der Waals surface area contributed by atoms with E-state index in [1.165, 1.54) is 24.3 Å². The second-order valence-electron chi connectivity index (χ2n) is 8.81. The number of aliphatic hydroxyl groups excluding tert-OH is 1. The summed E-state index contributed by atoms with van der Waals surface area (Å²) in [7, 11) is 0. The number of anilines is 2. The first kappa shape index (κ1) is 23.2. The molecule has 2 amide bonds. The molecule has 1 aliphatic heterocycles. The molecule has 0 spiro atoms. The van der Waals surface area contributed by atoms with Crippen LogP contribution in [0.3, 0.4) is 0 Å². The van der Waals surface area contributed by atoms with E-state index in [1.54, 1.807) is 11.0 Å². The van der Waals surface area contributed by atoms with E-state index < -0.39 is 12.5 Å². The molecule has 5 rings (SSSR count). The molecule has 1 saturated heterocycles. The van der Waals surface area contributed by atoms with Crippen LogP contribution in [0.4, 0.5) is 20.4 Å². The Morgan fingerprint density at radius 1 is 1.26 bits per heavy atom. The number of halogens is 2. The quantitative estimate of drug-likeness (QED) is 0.507. The van der Waals surface area contributed by atoms with Gasteiger partial charge in [-0.1, -0.05) is 6.07 Å². The van der Waals surface area contributed by atoms with E-state index in [9.17, 15) is 23.5 Å². The Bertz CT molecular complexity index is 1270. The number of nitrogens with zero attached hydrogens (tertiary/aromatic N) is 3. The molecular formula is C24H24F2N4O5. The summed E-state index contributed by atoms with van der Waals surface area (Å²) in [6.45, 7) is -1.67. The number of ether oxygens (including phenoxy) is 2. The number of carbonyl (C=O) groups excluding carboxylic acids is 2. The van der Waals surface area contributed by atoms with Crippen LogP contribution >= 0.6 is 0 Å². The maximum absolute atomic E-state index is 13.0. The number of hydrogen-bond acceptors (Lipinski definition) is 6. The molecule has 11 heteroatoms. The summed E-state index contributed by atoms with van der Waals surface area (Å²) >= 11 is 0. The number of aliphatic hydroxyl groups is 1. The Labute approximate surface area is 199 Å². The van der Waals surface area contributed by atoms with Crippen molar-refractivity contribution in [2.24, 2.45) is 5.41 Å². The van der Waals surface area contributed by atoms with Gasteiger partial charge in [-0.2, -0.15) is 8.78 Å². The van der Waals surface area contributed by atoms with Gasteiger partial charge in [-0.25, -0.2) is 4.98 Å². The van der Waals surface area contributed by atoms with Gasteiger partial charge in [0.25, 0.3) is 11.8 Å². The number of rotatable bonds is 8. The molecule has 1 saturated carbocycles. The maximum Gasteiger partial charge on any atom is 0.387 e. The monoisotopic (exact) mass is 486 g/mol. The normalized spacial score (nSPS) is 17.1. The fraction of sp³-hybridized carbons (Fsp3) is 0.375. The van der Waals surface area contributed by atoms with Crippen molar-refractivity contribution in [2.45, 2.75) is 26.0 Å². The van der Waals surface area contributed by atoms with Gasteiger partial charge in [-0.15, -0.1) is 0 Å². The fourth-order valence-electron chi connectivity index (χ4n) is 4.20. The van der Waals surface area contributed by atoms with E-state index in [4.69, 9.17) is 4.74 Å². The minimum atomic E-state index is -3.00. The number of alkyl halides is 2. The second kappa shape index (κ2) is 9.23. The van der Waals surface area contributed by atoms with Crippen LogP contribution < -0.4 is 15.0 Å². The van der Waals surface area contributed by atoms with E-state index >= 15 is 0 Å². The molecule has 0 radical (unpaired) electrons. The first-order chi connectivity index (χ1) is 16.9. The topological polar surface area (TPSA) is 106 Å². The molecule has 9 nitrogen and oxygen atoms in total. The molecular weight excluding hydrogens is 462 g/mol. The van der Waals surface area contributed by atoms with Gasteiger partial charge in [0.05, 0.1) is 24.2 Å². The Kier molecular flexibility index (Phi) is 6.12. The van der Waals surface area contributed by atoms with Crippen molar-refractivity contribution in [1.82, 2.24) is 9.55 Å². The van der Waals surface area contributed by atoms with E-state index in [1.807, 2.05) is 16.7 Å². The van der Waals surface area contributed by atoms with Gasteiger partial charge < -0.3 is 24.0 Å². The third kappa shape index (κ3) is 4.82. The zero-order valence-electron chi connectivity index (χ0n) is 18.7. The lowest BCUT2D eigenvalue weighted by atomic mass is 10.1. The SMILES string of the molecule is O=C(Nc1nc2cc(N3CCOCC3=O)ccc2n1CC1(CO)CC1)c1cccc(OC(F)F)c1. The van der Waals surface area contributed by atoms with Crippen molar-refractivity contribution in [1.29, 1.82) is 0 Å². The highest BCUT2D eigenvalue weighted by molar-refractivity contribution is 6.04. The van der Waals surface area contributed by atoms with Crippen molar-refractivity contribution in [2.75, 3.05) is 36.6 Å². The van der Waals surface area contributed by atoms with Crippen LogP contribution in [-0.2, 0) is 16.1 Å². The first-order valence-corrected chi connectivity index (χ1v) is 11.2. The standard InChI is InChI=1S/C24H24F2N4O5/c25-22(26)35-17-3-1-2-15(10-17)21(33)28-23-27-18-11-16(29-8-9-34-12-20(29)32)4-5-19(18)30(23)13-24(14-31)6-7-24/h1-5,10-11,22,31H,6-9,12-14H2,(H,27,28,33). The molecule has 3 aromatic rings. The first-order valence-electron chi connectivity index (χ1n) is 11.2. The molecule has 2 heterocycles. The minimum absolute atomic E-state index is 0.00738. The molecule has 2 N–H and O–H groups in total. The highest BCUT2D eigenvalue weighted by Crippen LogP contribution is 2.47. The van der Waals surface area contributed by atoms with Crippen LogP contribution in [0, 0.1) is 5.41 Å². The number of morpholine rings is 1. The Morgan fingerprint density at radius 3 is 2.80 bits per heavy atom. The molecule has 35 heavy (non-hydrogen) atoms. The predicted octanol–water partition coefficient (Wildman–Crippen LogP) is 3.03. The van der Waals surface area contributed by atoms with Gasteiger partial charge in [0.2, 0.25) is 5.95 Å².